The van der Waals surface area contributed by atoms with Gasteiger partial charge < -0.3 is 9.11 Å². The van der Waals surface area contributed by atoms with Crippen molar-refractivity contribution in [1.82, 2.24) is 0 Å². The van der Waals surface area contributed by atoms with Gasteiger partial charge in [0.25, 0.3) is 0 Å². The molecule has 6 nitrogen and oxygen atoms in total. The Morgan fingerprint density at radius 1 is 0.824 bits per heavy atom. The molecule has 0 heterocycles. The second-order valence-electron chi connectivity index (χ2n) is 3.70. The van der Waals surface area contributed by atoms with Crippen LogP contribution in [0.15, 0.2) is 15.9 Å². The second kappa shape index (κ2) is 4.05. The molecule has 17 heavy (non-hydrogen) atoms. The molecule has 0 bridgehead atoms. The van der Waals surface area contributed by atoms with E-state index in [1.54, 1.807) is 0 Å². The molecular formula is C9H10O6S2-2. The highest BCUT2D eigenvalue weighted by Crippen LogP contribution is 2.28. The van der Waals surface area contributed by atoms with E-state index in [0.29, 0.717) is 0 Å². The third-order valence-electron chi connectivity index (χ3n) is 2.33. The summed E-state index contributed by atoms with van der Waals surface area (Å²) in [5.74, 6) is 0. The van der Waals surface area contributed by atoms with Crippen LogP contribution in [0.5, 0.6) is 0 Å². The van der Waals surface area contributed by atoms with E-state index >= 15 is 0 Å². The maximum absolute atomic E-state index is 11.0. The molecule has 0 spiro atoms. The molecule has 0 saturated heterocycles. The normalized spacial score (nSPS) is 12.8. The van der Waals surface area contributed by atoms with Gasteiger partial charge in [-0.2, -0.15) is 0 Å². The summed E-state index contributed by atoms with van der Waals surface area (Å²) in [5, 5.41) is 0. The van der Waals surface area contributed by atoms with Gasteiger partial charge in [-0.25, -0.2) is 16.8 Å². The fourth-order valence-corrected chi connectivity index (χ4v) is 3.85. The van der Waals surface area contributed by atoms with Crippen LogP contribution >= 0.6 is 0 Å². The second-order valence-corrected chi connectivity index (χ2v) is 6.33. The number of aryl methyl sites for hydroxylation is 2. The van der Waals surface area contributed by atoms with Gasteiger partial charge in [-0.3, -0.25) is 0 Å². The Morgan fingerprint density at radius 2 is 1.12 bits per heavy atom. The molecule has 0 amide bonds. The quantitative estimate of drug-likeness (QED) is 0.724. The van der Waals surface area contributed by atoms with Crippen molar-refractivity contribution in [2.24, 2.45) is 0 Å². The monoisotopic (exact) mass is 278 g/mol. The zero-order valence-corrected chi connectivity index (χ0v) is 11.0. The summed E-state index contributed by atoms with van der Waals surface area (Å²) in [7, 11) is -9.63. The van der Waals surface area contributed by atoms with Crippen molar-refractivity contribution in [3.63, 3.8) is 0 Å². The van der Waals surface area contributed by atoms with Crippen molar-refractivity contribution in [1.29, 1.82) is 0 Å². The molecule has 0 fully saturated rings. The number of rotatable bonds is 2. The smallest absolute Gasteiger partial charge is 0.124 e. The molecule has 0 aliphatic carbocycles. The predicted octanol–water partition coefficient (Wildman–Crippen LogP) is 0.420. The number of benzene rings is 1. The van der Waals surface area contributed by atoms with Crippen LogP contribution < -0.4 is 0 Å². The fourth-order valence-electron chi connectivity index (χ4n) is 1.92. The molecule has 0 aliphatic rings. The average Bonchev–Trinajstić information content (AvgIpc) is 1.94. The lowest BCUT2D eigenvalue weighted by Gasteiger charge is -2.20. The first-order chi connectivity index (χ1) is 7.46. The Hall–Kier alpha value is -0.960. The predicted molar refractivity (Wildman–Crippen MR) is 56.6 cm³/mol. The largest absolute Gasteiger partial charge is 0.744 e. The Kier molecular flexibility index (Phi) is 3.36. The van der Waals surface area contributed by atoms with Gasteiger partial charge in [-0.05, 0) is 37.5 Å². The molecule has 0 N–H and O–H groups in total. The van der Waals surface area contributed by atoms with Gasteiger partial charge in [-0.15, -0.1) is 0 Å². The van der Waals surface area contributed by atoms with Crippen molar-refractivity contribution < 1.29 is 25.9 Å². The van der Waals surface area contributed by atoms with E-state index in [2.05, 4.69) is 0 Å². The Labute approximate surface area is 99.8 Å². The van der Waals surface area contributed by atoms with E-state index in [4.69, 9.17) is 0 Å². The van der Waals surface area contributed by atoms with Crippen LogP contribution in [0.3, 0.4) is 0 Å². The van der Waals surface area contributed by atoms with E-state index in [-0.39, 0.29) is 16.7 Å². The average molecular weight is 278 g/mol. The van der Waals surface area contributed by atoms with Gasteiger partial charge in [0.2, 0.25) is 0 Å². The molecule has 1 rings (SSSR count). The van der Waals surface area contributed by atoms with Gasteiger partial charge in [0.05, 0.1) is 9.79 Å². The molecule has 96 valence electrons. The van der Waals surface area contributed by atoms with Gasteiger partial charge in [0, 0.05) is 0 Å². The summed E-state index contributed by atoms with van der Waals surface area (Å²) >= 11 is 0. The molecule has 0 aromatic heterocycles. The van der Waals surface area contributed by atoms with Crippen molar-refractivity contribution in [2.45, 2.75) is 30.6 Å². The van der Waals surface area contributed by atoms with E-state index in [0.717, 1.165) is 6.92 Å². The van der Waals surface area contributed by atoms with Gasteiger partial charge in [0.1, 0.15) is 20.2 Å². The molecule has 0 atom stereocenters. The summed E-state index contributed by atoms with van der Waals surface area (Å²) in [5.41, 5.74) is -0.0581. The van der Waals surface area contributed by atoms with E-state index in [1.807, 2.05) is 0 Å². The molecule has 0 saturated carbocycles. The minimum absolute atomic E-state index is 0.127. The first-order valence-electron chi connectivity index (χ1n) is 4.49. The SMILES string of the molecule is Cc1cc(C)c(S(=O)(=O)[O-])c(C)c1S(=O)(=O)[O-]. The Morgan fingerprint density at radius 3 is 1.35 bits per heavy atom. The summed E-state index contributed by atoms with van der Waals surface area (Å²) in [6.07, 6.45) is 0. The van der Waals surface area contributed by atoms with Crippen molar-refractivity contribution in [3.8, 4) is 0 Å². The zero-order valence-electron chi connectivity index (χ0n) is 9.34. The lowest BCUT2D eigenvalue weighted by Crippen LogP contribution is -2.11. The lowest BCUT2D eigenvalue weighted by atomic mass is 10.1. The summed E-state index contributed by atoms with van der Waals surface area (Å²) < 4.78 is 66.1. The van der Waals surface area contributed by atoms with Crippen molar-refractivity contribution in [3.05, 3.63) is 22.8 Å². The van der Waals surface area contributed by atoms with Crippen LogP contribution in [0.1, 0.15) is 16.7 Å². The summed E-state index contributed by atoms with van der Waals surface area (Å²) in [6.45, 7) is 3.87. The molecule has 0 radical (unpaired) electrons. The van der Waals surface area contributed by atoms with Crippen LogP contribution in [0, 0.1) is 20.8 Å². The Balaban J connectivity index is 3.93. The van der Waals surface area contributed by atoms with Crippen LogP contribution in [0.25, 0.3) is 0 Å². The van der Waals surface area contributed by atoms with E-state index in [9.17, 15) is 25.9 Å². The lowest BCUT2D eigenvalue weighted by molar-refractivity contribution is 0.459. The van der Waals surface area contributed by atoms with Crippen LogP contribution in [-0.2, 0) is 20.2 Å². The number of hydrogen-bond donors (Lipinski definition) is 0. The zero-order chi connectivity index (χ0) is 13.6. The van der Waals surface area contributed by atoms with E-state index < -0.39 is 30.0 Å². The molecular weight excluding hydrogens is 268 g/mol. The standard InChI is InChI=1S/C9H12O6S2/c1-5-4-6(2)9(17(13,14)15)7(3)8(5)16(10,11)12/h4H,1-3H3,(H,10,11,12)(H,13,14,15)/p-2. The van der Waals surface area contributed by atoms with Gasteiger partial charge in [0.15, 0.2) is 0 Å². The molecule has 1 aromatic carbocycles. The van der Waals surface area contributed by atoms with E-state index in [1.165, 1.54) is 19.9 Å². The van der Waals surface area contributed by atoms with Crippen LogP contribution in [-0.4, -0.2) is 25.9 Å². The first-order valence-corrected chi connectivity index (χ1v) is 7.30. The first kappa shape index (κ1) is 14.1. The minimum Gasteiger partial charge on any atom is -0.744 e. The fraction of sp³-hybridized carbons (Fsp3) is 0.333. The van der Waals surface area contributed by atoms with Gasteiger partial charge in [-0.1, -0.05) is 6.07 Å². The number of hydrogen-bond acceptors (Lipinski definition) is 6. The third kappa shape index (κ3) is 2.65. The minimum atomic E-state index is -4.82. The molecule has 8 heteroatoms. The summed E-state index contributed by atoms with van der Waals surface area (Å²) in [4.78, 5) is -1.28. The van der Waals surface area contributed by atoms with Crippen molar-refractivity contribution in [2.75, 3.05) is 0 Å². The van der Waals surface area contributed by atoms with Crippen molar-refractivity contribution >= 4 is 20.2 Å². The molecule has 0 aliphatic heterocycles. The van der Waals surface area contributed by atoms with Crippen LogP contribution in [0.2, 0.25) is 0 Å². The highest BCUT2D eigenvalue weighted by atomic mass is 32.2. The molecule has 1 aromatic rings. The molecule has 0 unspecified atom stereocenters. The highest BCUT2D eigenvalue weighted by Gasteiger charge is 2.19. The maximum atomic E-state index is 11.0. The van der Waals surface area contributed by atoms with Crippen LogP contribution in [0.4, 0.5) is 0 Å². The maximum Gasteiger partial charge on any atom is 0.124 e. The topological polar surface area (TPSA) is 114 Å². The Bertz CT molecular complexity index is 614. The summed E-state index contributed by atoms with van der Waals surface area (Å²) in [6, 6.07) is 1.20. The van der Waals surface area contributed by atoms with Gasteiger partial charge >= 0.3 is 0 Å². The third-order valence-corrected chi connectivity index (χ3v) is 4.59. The highest BCUT2D eigenvalue weighted by molar-refractivity contribution is 7.86.